The van der Waals surface area contributed by atoms with Crippen molar-refractivity contribution in [2.45, 2.75) is 56.8 Å². The summed E-state index contributed by atoms with van der Waals surface area (Å²) in [4.78, 5) is 11.5. The van der Waals surface area contributed by atoms with E-state index in [1.54, 1.807) is 0 Å². The summed E-state index contributed by atoms with van der Waals surface area (Å²) in [7, 11) is 0. The van der Waals surface area contributed by atoms with Crippen molar-refractivity contribution in [2.24, 2.45) is 0 Å². The number of hydrogen-bond acceptors (Lipinski definition) is 3. The van der Waals surface area contributed by atoms with E-state index in [-0.39, 0.29) is 12.0 Å². The average Bonchev–Trinajstić information content (AvgIpc) is 2.70. The highest BCUT2D eigenvalue weighted by molar-refractivity contribution is 5.63. The molecule has 1 spiro atoms. The standard InChI is InChI=1S/C22H26O3/c1-17(21-16-23-22(25-24-21)14-6-3-7-15-22)18-10-12-20(13-11-18)19-8-4-2-5-9-19/h2,4-5,8-13,17,21H,3,6-7,14-16H2,1H3. The Bertz CT molecular complexity index is 664. The molecule has 3 nitrogen and oxygen atoms in total. The first-order valence-corrected chi connectivity index (χ1v) is 9.40. The van der Waals surface area contributed by atoms with E-state index in [0.29, 0.717) is 6.61 Å². The van der Waals surface area contributed by atoms with E-state index < -0.39 is 5.79 Å². The Balaban J connectivity index is 1.40. The van der Waals surface area contributed by atoms with Crippen LogP contribution in [0.1, 0.15) is 50.5 Å². The lowest BCUT2D eigenvalue weighted by Crippen LogP contribution is -2.47. The van der Waals surface area contributed by atoms with Crippen molar-refractivity contribution in [3.05, 3.63) is 60.2 Å². The molecule has 25 heavy (non-hydrogen) atoms. The summed E-state index contributed by atoms with van der Waals surface area (Å²) in [6, 6.07) is 19.2. The van der Waals surface area contributed by atoms with E-state index in [2.05, 4.69) is 55.5 Å². The van der Waals surface area contributed by atoms with Gasteiger partial charge in [0.25, 0.3) is 0 Å². The van der Waals surface area contributed by atoms with Crippen molar-refractivity contribution in [3.63, 3.8) is 0 Å². The van der Waals surface area contributed by atoms with Gasteiger partial charge in [0.05, 0.1) is 6.61 Å². The minimum absolute atomic E-state index is 0.0601. The third-order valence-electron chi connectivity index (χ3n) is 5.55. The Labute approximate surface area is 149 Å². The molecule has 0 amide bonds. The third kappa shape index (κ3) is 3.64. The predicted molar refractivity (Wildman–Crippen MR) is 98.0 cm³/mol. The zero-order valence-corrected chi connectivity index (χ0v) is 14.8. The summed E-state index contributed by atoms with van der Waals surface area (Å²) >= 11 is 0. The van der Waals surface area contributed by atoms with Crippen LogP contribution < -0.4 is 0 Å². The molecular weight excluding hydrogens is 312 g/mol. The molecule has 0 aromatic heterocycles. The molecule has 0 bridgehead atoms. The van der Waals surface area contributed by atoms with Gasteiger partial charge in [-0.1, -0.05) is 67.9 Å². The van der Waals surface area contributed by atoms with Crippen molar-refractivity contribution in [1.29, 1.82) is 0 Å². The molecule has 1 saturated heterocycles. The minimum Gasteiger partial charge on any atom is -0.344 e. The Kier molecular flexibility index (Phi) is 4.89. The Morgan fingerprint density at radius 2 is 1.56 bits per heavy atom. The molecule has 0 radical (unpaired) electrons. The third-order valence-corrected chi connectivity index (χ3v) is 5.55. The van der Waals surface area contributed by atoms with Gasteiger partial charge in [-0.3, -0.25) is 0 Å². The molecule has 4 rings (SSSR count). The summed E-state index contributed by atoms with van der Waals surface area (Å²) in [5.74, 6) is -0.253. The van der Waals surface area contributed by atoms with Gasteiger partial charge in [-0.2, -0.15) is 0 Å². The van der Waals surface area contributed by atoms with Crippen LogP contribution >= 0.6 is 0 Å². The lowest BCUT2D eigenvalue weighted by Gasteiger charge is -2.42. The van der Waals surface area contributed by atoms with Gasteiger partial charge in [0.15, 0.2) is 0 Å². The summed E-state index contributed by atoms with van der Waals surface area (Å²) in [6.07, 6.45) is 5.41. The molecule has 1 aliphatic heterocycles. The molecule has 2 unspecified atom stereocenters. The molecule has 0 N–H and O–H groups in total. The maximum atomic E-state index is 6.11. The van der Waals surface area contributed by atoms with Crippen molar-refractivity contribution in [2.75, 3.05) is 6.61 Å². The van der Waals surface area contributed by atoms with Gasteiger partial charge in [0, 0.05) is 18.8 Å². The van der Waals surface area contributed by atoms with Crippen molar-refractivity contribution >= 4 is 0 Å². The van der Waals surface area contributed by atoms with E-state index in [1.165, 1.54) is 23.1 Å². The van der Waals surface area contributed by atoms with Crippen LogP contribution in [0.4, 0.5) is 0 Å². The first kappa shape index (κ1) is 16.8. The fourth-order valence-electron chi connectivity index (χ4n) is 3.81. The van der Waals surface area contributed by atoms with Crippen LogP contribution in [0.2, 0.25) is 0 Å². The normalized spacial score (nSPS) is 24.1. The molecule has 1 aliphatic carbocycles. The van der Waals surface area contributed by atoms with E-state index >= 15 is 0 Å². The first-order valence-electron chi connectivity index (χ1n) is 9.40. The molecule has 3 heteroatoms. The number of hydrogen-bond donors (Lipinski definition) is 0. The number of ether oxygens (including phenoxy) is 1. The predicted octanol–water partition coefficient (Wildman–Crippen LogP) is 5.46. The number of benzene rings is 2. The average molecular weight is 338 g/mol. The summed E-state index contributed by atoms with van der Waals surface area (Å²) in [5.41, 5.74) is 3.72. The highest BCUT2D eigenvalue weighted by atomic mass is 17.2. The van der Waals surface area contributed by atoms with Gasteiger partial charge in [0.1, 0.15) is 6.10 Å². The monoisotopic (exact) mass is 338 g/mol. The van der Waals surface area contributed by atoms with Gasteiger partial charge in [0.2, 0.25) is 5.79 Å². The van der Waals surface area contributed by atoms with E-state index in [0.717, 1.165) is 25.7 Å². The molecule has 2 aliphatic rings. The lowest BCUT2D eigenvalue weighted by molar-refractivity contribution is -0.493. The van der Waals surface area contributed by atoms with Crippen molar-refractivity contribution in [3.8, 4) is 11.1 Å². The largest absolute Gasteiger partial charge is 0.344 e. The number of rotatable bonds is 3. The van der Waals surface area contributed by atoms with Crippen LogP contribution in [0.5, 0.6) is 0 Å². The Hall–Kier alpha value is -1.68. The molecule has 2 atom stereocenters. The van der Waals surface area contributed by atoms with Gasteiger partial charge in [-0.05, 0) is 29.5 Å². The van der Waals surface area contributed by atoms with Crippen molar-refractivity contribution in [1.82, 2.24) is 0 Å². The second-order valence-electron chi connectivity index (χ2n) is 7.28. The maximum Gasteiger partial charge on any atom is 0.201 e. The van der Waals surface area contributed by atoms with Gasteiger partial charge in [-0.15, -0.1) is 0 Å². The molecule has 2 aromatic rings. The zero-order valence-electron chi connectivity index (χ0n) is 14.8. The molecule has 2 aromatic carbocycles. The second kappa shape index (κ2) is 7.28. The van der Waals surface area contributed by atoms with Crippen LogP contribution in [-0.4, -0.2) is 18.5 Å². The van der Waals surface area contributed by atoms with Gasteiger partial charge < -0.3 is 4.74 Å². The maximum absolute atomic E-state index is 6.11. The van der Waals surface area contributed by atoms with Crippen LogP contribution in [0.3, 0.4) is 0 Å². The van der Waals surface area contributed by atoms with Crippen LogP contribution in [0.15, 0.2) is 54.6 Å². The Morgan fingerprint density at radius 1 is 0.880 bits per heavy atom. The van der Waals surface area contributed by atoms with E-state index in [4.69, 9.17) is 14.5 Å². The summed E-state index contributed by atoms with van der Waals surface area (Å²) in [6.45, 7) is 2.77. The zero-order chi connectivity index (χ0) is 17.1. The highest BCUT2D eigenvalue weighted by Gasteiger charge is 2.41. The second-order valence-corrected chi connectivity index (χ2v) is 7.28. The quantitative estimate of drug-likeness (QED) is 0.695. The van der Waals surface area contributed by atoms with Gasteiger partial charge >= 0.3 is 0 Å². The topological polar surface area (TPSA) is 27.7 Å². The summed E-state index contributed by atoms with van der Waals surface area (Å²) < 4.78 is 6.11. The van der Waals surface area contributed by atoms with Crippen LogP contribution in [0, 0.1) is 0 Å². The molecule has 1 saturated carbocycles. The van der Waals surface area contributed by atoms with E-state index in [9.17, 15) is 0 Å². The molecule has 2 fully saturated rings. The molecular formula is C22H26O3. The minimum atomic E-state index is -0.481. The fourth-order valence-corrected chi connectivity index (χ4v) is 3.81. The van der Waals surface area contributed by atoms with Crippen molar-refractivity contribution < 1.29 is 14.5 Å². The fraction of sp³-hybridized carbons (Fsp3) is 0.455. The summed E-state index contributed by atoms with van der Waals surface area (Å²) in [5, 5.41) is 0. The molecule has 1 heterocycles. The van der Waals surface area contributed by atoms with Gasteiger partial charge in [-0.25, -0.2) is 9.78 Å². The smallest absolute Gasteiger partial charge is 0.201 e. The van der Waals surface area contributed by atoms with Crippen LogP contribution in [0.25, 0.3) is 11.1 Å². The lowest BCUT2D eigenvalue weighted by atomic mass is 9.92. The molecule has 132 valence electrons. The van der Waals surface area contributed by atoms with Crippen LogP contribution in [-0.2, 0) is 14.5 Å². The SMILES string of the molecule is CC(c1ccc(-c2ccccc2)cc1)C1COC2(CCCCC2)OO1. The first-order chi connectivity index (χ1) is 12.3. The highest BCUT2D eigenvalue weighted by Crippen LogP contribution is 2.38. The van der Waals surface area contributed by atoms with E-state index in [1.807, 2.05) is 6.07 Å². The Morgan fingerprint density at radius 3 is 2.20 bits per heavy atom.